The predicted octanol–water partition coefficient (Wildman–Crippen LogP) is 4.52. The molecule has 0 heterocycles. The molecule has 0 fully saturated rings. The SMILES string of the molecule is NCC(Cc1ccc2ccccc2c1)NCc1ccccc1C(F)(F)F. The maximum Gasteiger partial charge on any atom is 0.416 e. The smallest absolute Gasteiger partial charge is 0.329 e. The van der Waals surface area contributed by atoms with Crippen LogP contribution in [-0.2, 0) is 19.1 Å². The Kier molecular flexibility index (Phi) is 5.59. The van der Waals surface area contributed by atoms with Crippen molar-refractivity contribution in [1.29, 1.82) is 0 Å². The van der Waals surface area contributed by atoms with Crippen molar-refractivity contribution in [2.75, 3.05) is 6.54 Å². The Hall–Kier alpha value is -2.37. The minimum absolute atomic E-state index is 0.0996. The van der Waals surface area contributed by atoms with Gasteiger partial charge in [0.2, 0.25) is 0 Å². The van der Waals surface area contributed by atoms with Crippen LogP contribution in [0.2, 0.25) is 0 Å². The van der Waals surface area contributed by atoms with Crippen molar-refractivity contribution in [2.45, 2.75) is 25.2 Å². The number of nitrogens with one attached hydrogen (secondary N) is 1. The molecule has 0 aliphatic carbocycles. The Morgan fingerprint density at radius 3 is 2.31 bits per heavy atom. The molecule has 2 nitrogen and oxygen atoms in total. The van der Waals surface area contributed by atoms with E-state index < -0.39 is 11.7 Å². The Morgan fingerprint density at radius 1 is 0.885 bits per heavy atom. The molecule has 0 aromatic heterocycles. The van der Waals surface area contributed by atoms with Gasteiger partial charge in [-0.05, 0) is 34.4 Å². The van der Waals surface area contributed by atoms with E-state index in [0.717, 1.165) is 22.4 Å². The molecule has 5 heteroatoms. The summed E-state index contributed by atoms with van der Waals surface area (Å²) in [4.78, 5) is 0. The summed E-state index contributed by atoms with van der Waals surface area (Å²) in [5, 5.41) is 5.47. The van der Waals surface area contributed by atoms with Gasteiger partial charge in [0.05, 0.1) is 5.56 Å². The third-order valence-electron chi connectivity index (χ3n) is 4.48. The molecule has 0 radical (unpaired) electrons. The first-order valence-corrected chi connectivity index (χ1v) is 8.53. The molecule has 0 aliphatic rings. The Labute approximate surface area is 150 Å². The molecule has 0 saturated carbocycles. The van der Waals surface area contributed by atoms with E-state index in [9.17, 15) is 13.2 Å². The zero-order valence-electron chi connectivity index (χ0n) is 14.3. The third kappa shape index (κ3) is 4.42. The normalized spacial score (nSPS) is 13.1. The highest BCUT2D eigenvalue weighted by Crippen LogP contribution is 2.31. The number of benzene rings is 3. The van der Waals surface area contributed by atoms with Crippen LogP contribution < -0.4 is 11.1 Å². The van der Waals surface area contributed by atoms with Gasteiger partial charge in [-0.1, -0.05) is 60.7 Å². The summed E-state index contributed by atoms with van der Waals surface area (Å²) in [5.74, 6) is 0. The molecule has 3 rings (SSSR count). The molecule has 3 N–H and O–H groups in total. The molecule has 3 aromatic carbocycles. The number of hydrogen-bond acceptors (Lipinski definition) is 2. The molecule has 3 aromatic rings. The molecule has 0 amide bonds. The second-order valence-electron chi connectivity index (χ2n) is 6.35. The van der Waals surface area contributed by atoms with E-state index in [1.54, 1.807) is 6.07 Å². The molecule has 1 atom stereocenters. The average Bonchev–Trinajstić information content (AvgIpc) is 2.64. The molecule has 0 saturated heterocycles. The lowest BCUT2D eigenvalue weighted by Gasteiger charge is -2.19. The number of halogens is 3. The topological polar surface area (TPSA) is 38.0 Å². The minimum atomic E-state index is -4.35. The molecule has 0 bridgehead atoms. The van der Waals surface area contributed by atoms with E-state index in [1.165, 1.54) is 12.1 Å². The van der Waals surface area contributed by atoms with Gasteiger partial charge in [0.25, 0.3) is 0 Å². The highest BCUT2D eigenvalue weighted by Gasteiger charge is 2.32. The van der Waals surface area contributed by atoms with Crippen LogP contribution in [0.4, 0.5) is 13.2 Å². The Balaban J connectivity index is 1.70. The molecule has 136 valence electrons. The van der Waals surface area contributed by atoms with Gasteiger partial charge in [-0.25, -0.2) is 0 Å². The largest absolute Gasteiger partial charge is 0.416 e. The lowest BCUT2D eigenvalue weighted by Crippen LogP contribution is -2.37. The van der Waals surface area contributed by atoms with Gasteiger partial charge in [-0.15, -0.1) is 0 Å². The van der Waals surface area contributed by atoms with Crippen molar-refractivity contribution in [3.63, 3.8) is 0 Å². The summed E-state index contributed by atoms with van der Waals surface area (Å²) >= 11 is 0. The van der Waals surface area contributed by atoms with Crippen molar-refractivity contribution < 1.29 is 13.2 Å². The molecular formula is C21H21F3N2. The second kappa shape index (κ2) is 7.89. The van der Waals surface area contributed by atoms with E-state index in [1.807, 2.05) is 30.3 Å². The van der Waals surface area contributed by atoms with Gasteiger partial charge in [0, 0.05) is 19.1 Å². The fourth-order valence-corrected chi connectivity index (χ4v) is 3.09. The lowest BCUT2D eigenvalue weighted by molar-refractivity contribution is -0.138. The van der Waals surface area contributed by atoms with E-state index in [0.29, 0.717) is 13.0 Å². The predicted molar refractivity (Wildman–Crippen MR) is 98.8 cm³/mol. The number of rotatable bonds is 6. The molecule has 0 aliphatic heterocycles. The van der Waals surface area contributed by atoms with Crippen molar-refractivity contribution in [2.24, 2.45) is 5.73 Å². The van der Waals surface area contributed by atoms with Crippen LogP contribution in [0.5, 0.6) is 0 Å². The Bertz CT molecular complexity index is 874. The average molecular weight is 358 g/mol. The van der Waals surface area contributed by atoms with Gasteiger partial charge >= 0.3 is 6.18 Å². The van der Waals surface area contributed by atoms with Gasteiger partial charge in [0.1, 0.15) is 0 Å². The van der Waals surface area contributed by atoms with Gasteiger partial charge < -0.3 is 11.1 Å². The van der Waals surface area contributed by atoms with Crippen molar-refractivity contribution in [3.05, 3.63) is 83.4 Å². The van der Waals surface area contributed by atoms with E-state index in [4.69, 9.17) is 5.73 Å². The molecule has 1 unspecified atom stereocenters. The summed E-state index contributed by atoms with van der Waals surface area (Å²) in [6.07, 6.45) is -3.69. The zero-order chi connectivity index (χ0) is 18.6. The summed E-state index contributed by atoms with van der Waals surface area (Å²) in [6, 6.07) is 19.8. The highest BCUT2D eigenvalue weighted by molar-refractivity contribution is 5.83. The van der Waals surface area contributed by atoms with E-state index in [2.05, 4.69) is 17.4 Å². The fourth-order valence-electron chi connectivity index (χ4n) is 3.09. The maximum atomic E-state index is 13.1. The van der Waals surface area contributed by atoms with Gasteiger partial charge in [-0.3, -0.25) is 0 Å². The summed E-state index contributed by atoms with van der Waals surface area (Å²) in [5.41, 5.74) is 6.57. The first-order chi connectivity index (χ1) is 12.5. The second-order valence-corrected chi connectivity index (χ2v) is 6.35. The Morgan fingerprint density at radius 2 is 1.58 bits per heavy atom. The van der Waals surface area contributed by atoms with Crippen molar-refractivity contribution >= 4 is 10.8 Å². The van der Waals surface area contributed by atoms with Gasteiger partial charge in [0.15, 0.2) is 0 Å². The van der Waals surface area contributed by atoms with E-state index in [-0.39, 0.29) is 18.2 Å². The highest BCUT2D eigenvalue weighted by atomic mass is 19.4. The monoisotopic (exact) mass is 358 g/mol. The van der Waals surface area contributed by atoms with Crippen LogP contribution in [0.15, 0.2) is 66.7 Å². The standard InChI is InChI=1S/C21H21F3N2/c22-21(23,24)20-8-4-3-7-18(20)14-26-19(13-25)12-15-9-10-16-5-1-2-6-17(16)11-15/h1-11,19,26H,12-14,25H2. The van der Waals surface area contributed by atoms with Gasteiger partial charge in [-0.2, -0.15) is 13.2 Å². The quantitative estimate of drug-likeness (QED) is 0.680. The summed E-state index contributed by atoms with van der Waals surface area (Å²) < 4.78 is 39.3. The molecule has 26 heavy (non-hydrogen) atoms. The van der Waals surface area contributed by atoms with Crippen LogP contribution in [-0.4, -0.2) is 12.6 Å². The third-order valence-corrected chi connectivity index (χ3v) is 4.48. The zero-order valence-corrected chi connectivity index (χ0v) is 14.3. The number of hydrogen-bond donors (Lipinski definition) is 2. The van der Waals surface area contributed by atoms with E-state index >= 15 is 0 Å². The lowest BCUT2D eigenvalue weighted by atomic mass is 10.0. The number of alkyl halides is 3. The number of fused-ring (bicyclic) bond motifs is 1. The first kappa shape index (κ1) is 18.4. The molecule has 0 spiro atoms. The molecular weight excluding hydrogens is 337 g/mol. The van der Waals surface area contributed by atoms with Crippen LogP contribution >= 0.6 is 0 Å². The fraction of sp³-hybridized carbons (Fsp3) is 0.238. The van der Waals surface area contributed by atoms with Crippen molar-refractivity contribution in [1.82, 2.24) is 5.32 Å². The maximum absolute atomic E-state index is 13.1. The first-order valence-electron chi connectivity index (χ1n) is 8.53. The summed E-state index contributed by atoms with van der Waals surface area (Å²) in [7, 11) is 0. The van der Waals surface area contributed by atoms with Crippen LogP contribution in [0.25, 0.3) is 10.8 Å². The van der Waals surface area contributed by atoms with Crippen LogP contribution in [0.1, 0.15) is 16.7 Å². The number of nitrogens with two attached hydrogens (primary N) is 1. The summed E-state index contributed by atoms with van der Waals surface area (Å²) in [6.45, 7) is 0.478. The van der Waals surface area contributed by atoms with Crippen LogP contribution in [0.3, 0.4) is 0 Å². The minimum Gasteiger partial charge on any atom is -0.329 e. The van der Waals surface area contributed by atoms with Crippen molar-refractivity contribution in [3.8, 4) is 0 Å². The van der Waals surface area contributed by atoms with Crippen LogP contribution in [0, 0.1) is 0 Å².